The van der Waals surface area contributed by atoms with E-state index in [0.29, 0.717) is 12.5 Å². The monoisotopic (exact) mass is 370 g/mol. The summed E-state index contributed by atoms with van der Waals surface area (Å²) in [5.41, 5.74) is 1.60. The first kappa shape index (κ1) is 17.9. The summed E-state index contributed by atoms with van der Waals surface area (Å²) in [6, 6.07) is 7.80. The lowest BCUT2D eigenvalue weighted by atomic mass is 9.95. The number of carbonyl (C=O) groups excluding carboxylic acids is 2. The van der Waals surface area contributed by atoms with Crippen molar-refractivity contribution in [1.29, 1.82) is 0 Å². The number of aromatic nitrogens is 3. The minimum Gasteiger partial charge on any atom is -0.348 e. The third-order valence-corrected chi connectivity index (χ3v) is 5.57. The standard InChI is InChI=1S/C19H26N6O2/c1-22(2)18(26)12-23-9-14-7-8-15(11-23)24(10-14)19(27)13-25-20-16-5-3-4-6-17(16)21-25/h3-6,14-15H,7-13H2,1-2H3/t14-,15+/m0/s1. The summed E-state index contributed by atoms with van der Waals surface area (Å²) in [6.07, 6.45) is 2.11. The fraction of sp³-hybridized carbons (Fsp3) is 0.579. The van der Waals surface area contributed by atoms with E-state index in [0.717, 1.165) is 43.5 Å². The average Bonchev–Trinajstić information content (AvgIpc) is 2.83. The van der Waals surface area contributed by atoms with Gasteiger partial charge in [-0.05, 0) is 30.9 Å². The smallest absolute Gasteiger partial charge is 0.246 e. The molecule has 3 aliphatic heterocycles. The Morgan fingerprint density at radius 2 is 1.74 bits per heavy atom. The van der Waals surface area contributed by atoms with Crippen LogP contribution >= 0.6 is 0 Å². The Labute approximate surface area is 158 Å². The average molecular weight is 370 g/mol. The molecule has 3 saturated heterocycles. The van der Waals surface area contributed by atoms with Gasteiger partial charge in [0.15, 0.2) is 0 Å². The molecule has 0 saturated carbocycles. The maximum Gasteiger partial charge on any atom is 0.246 e. The Balaban J connectivity index is 1.44. The second-order valence-electron chi connectivity index (χ2n) is 7.84. The van der Waals surface area contributed by atoms with Gasteiger partial charge in [0, 0.05) is 39.8 Å². The third kappa shape index (κ3) is 3.80. The van der Waals surface area contributed by atoms with E-state index in [2.05, 4.69) is 15.1 Å². The van der Waals surface area contributed by atoms with Gasteiger partial charge < -0.3 is 9.80 Å². The second kappa shape index (κ2) is 7.26. The zero-order valence-corrected chi connectivity index (χ0v) is 15.9. The molecule has 0 N–H and O–H groups in total. The van der Waals surface area contributed by atoms with Crippen molar-refractivity contribution in [1.82, 2.24) is 29.7 Å². The molecule has 3 fully saturated rings. The van der Waals surface area contributed by atoms with E-state index >= 15 is 0 Å². The Morgan fingerprint density at radius 3 is 2.41 bits per heavy atom. The van der Waals surface area contributed by atoms with Crippen molar-refractivity contribution in [3.05, 3.63) is 24.3 Å². The van der Waals surface area contributed by atoms with Gasteiger partial charge in [-0.2, -0.15) is 15.0 Å². The van der Waals surface area contributed by atoms with Gasteiger partial charge in [0.2, 0.25) is 11.8 Å². The molecule has 2 amide bonds. The molecule has 8 nitrogen and oxygen atoms in total. The van der Waals surface area contributed by atoms with Gasteiger partial charge in [-0.15, -0.1) is 0 Å². The number of likely N-dealkylation sites (N-methyl/N-ethyl adjacent to an activating group) is 1. The fourth-order valence-corrected chi connectivity index (χ4v) is 4.13. The van der Waals surface area contributed by atoms with E-state index in [-0.39, 0.29) is 24.4 Å². The van der Waals surface area contributed by atoms with Crippen LogP contribution in [0.15, 0.2) is 24.3 Å². The number of hydrogen-bond acceptors (Lipinski definition) is 5. The van der Waals surface area contributed by atoms with Crippen LogP contribution in [0.4, 0.5) is 0 Å². The highest BCUT2D eigenvalue weighted by Gasteiger charge is 2.37. The molecular formula is C19H26N6O2. The van der Waals surface area contributed by atoms with E-state index < -0.39 is 0 Å². The number of nitrogens with zero attached hydrogens (tertiary/aromatic N) is 6. The summed E-state index contributed by atoms with van der Waals surface area (Å²) in [5, 5.41) is 8.81. The molecule has 8 heteroatoms. The summed E-state index contributed by atoms with van der Waals surface area (Å²) in [5.74, 6) is 0.597. The van der Waals surface area contributed by atoms with Crippen LogP contribution in [0.3, 0.4) is 0 Å². The van der Waals surface area contributed by atoms with Gasteiger partial charge in [0.25, 0.3) is 0 Å². The van der Waals surface area contributed by atoms with Crippen LogP contribution < -0.4 is 0 Å². The highest BCUT2D eigenvalue weighted by Crippen LogP contribution is 2.28. The Hall–Kier alpha value is -2.48. The lowest BCUT2D eigenvalue weighted by Gasteiger charge is -2.36. The molecule has 0 spiro atoms. The minimum atomic E-state index is 0.0609. The van der Waals surface area contributed by atoms with Crippen molar-refractivity contribution in [2.75, 3.05) is 40.3 Å². The third-order valence-electron chi connectivity index (χ3n) is 5.57. The molecule has 0 aliphatic carbocycles. The predicted octanol–water partition coefficient (Wildman–Crippen LogP) is 0.442. The van der Waals surface area contributed by atoms with E-state index in [1.165, 1.54) is 4.80 Å². The zero-order chi connectivity index (χ0) is 19.0. The molecule has 2 bridgehead atoms. The van der Waals surface area contributed by atoms with Gasteiger partial charge in [0.1, 0.15) is 17.6 Å². The van der Waals surface area contributed by atoms with Gasteiger partial charge in [0.05, 0.1) is 6.54 Å². The number of hydrogen-bond donors (Lipinski definition) is 0. The quantitative estimate of drug-likeness (QED) is 0.781. The Morgan fingerprint density at radius 1 is 1.04 bits per heavy atom. The van der Waals surface area contributed by atoms with Crippen molar-refractivity contribution in [3.8, 4) is 0 Å². The van der Waals surface area contributed by atoms with Crippen LogP contribution in [-0.4, -0.2) is 87.8 Å². The minimum absolute atomic E-state index is 0.0609. The number of piperidine rings is 1. The molecular weight excluding hydrogens is 344 g/mol. The first-order chi connectivity index (χ1) is 13.0. The largest absolute Gasteiger partial charge is 0.348 e. The van der Waals surface area contributed by atoms with Crippen molar-refractivity contribution >= 4 is 22.8 Å². The van der Waals surface area contributed by atoms with Gasteiger partial charge in [-0.3, -0.25) is 14.5 Å². The van der Waals surface area contributed by atoms with Crippen molar-refractivity contribution in [2.45, 2.75) is 25.4 Å². The first-order valence-electron chi connectivity index (χ1n) is 9.51. The Bertz CT molecular complexity index is 815. The highest BCUT2D eigenvalue weighted by molar-refractivity contribution is 5.78. The molecule has 1 aromatic heterocycles. The topological polar surface area (TPSA) is 74.6 Å². The first-order valence-corrected chi connectivity index (χ1v) is 9.51. The van der Waals surface area contributed by atoms with Gasteiger partial charge in [-0.1, -0.05) is 12.1 Å². The molecule has 0 unspecified atom stereocenters. The summed E-state index contributed by atoms with van der Waals surface area (Å²) in [6.45, 7) is 2.99. The van der Waals surface area contributed by atoms with Crippen LogP contribution in [0.25, 0.3) is 11.0 Å². The summed E-state index contributed by atoms with van der Waals surface area (Å²) in [4.78, 5) is 32.4. The van der Waals surface area contributed by atoms with E-state index in [1.807, 2.05) is 29.2 Å². The van der Waals surface area contributed by atoms with Crippen LogP contribution in [0, 0.1) is 5.92 Å². The number of fused-ring (bicyclic) bond motifs is 5. The number of benzene rings is 1. The SMILES string of the molecule is CN(C)C(=O)CN1C[C@@H]2CC[C@H](C1)N(C(=O)Cn1nc3ccccc3n1)C2. The van der Waals surface area contributed by atoms with Crippen molar-refractivity contribution < 1.29 is 9.59 Å². The van der Waals surface area contributed by atoms with Crippen molar-refractivity contribution in [3.63, 3.8) is 0 Å². The highest BCUT2D eigenvalue weighted by atomic mass is 16.2. The lowest BCUT2D eigenvalue weighted by molar-refractivity contribution is -0.136. The summed E-state index contributed by atoms with van der Waals surface area (Å²) < 4.78 is 0. The van der Waals surface area contributed by atoms with Crippen LogP contribution in [-0.2, 0) is 16.1 Å². The number of carbonyl (C=O) groups is 2. The molecule has 0 radical (unpaired) electrons. The molecule has 2 atom stereocenters. The fourth-order valence-electron chi connectivity index (χ4n) is 4.13. The van der Waals surface area contributed by atoms with E-state index in [4.69, 9.17) is 0 Å². The van der Waals surface area contributed by atoms with Crippen LogP contribution in [0.1, 0.15) is 12.8 Å². The van der Waals surface area contributed by atoms with E-state index in [9.17, 15) is 9.59 Å². The zero-order valence-electron chi connectivity index (χ0n) is 15.9. The number of amides is 2. The van der Waals surface area contributed by atoms with E-state index in [1.54, 1.807) is 19.0 Å². The molecule has 27 heavy (non-hydrogen) atoms. The Kier molecular flexibility index (Phi) is 4.82. The number of rotatable bonds is 4. The molecule has 2 aromatic rings. The second-order valence-corrected chi connectivity index (χ2v) is 7.84. The molecule has 1 aromatic carbocycles. The maximum absolute atomic E-state index is 13.0. The lowest BCUT2D eigenvalue weighted by Crippen LogP contribution is -2.49. The van der Waals surface area contributed by atoms with Crippen LogP contribution in [0.2, 0.25) is 0 Å². The predicted molar refractivity (Wildman–Crippen MR) is 101 cm³/mol. The molecule has 4 heterocycles. The molecule has 3 aliphatic rings. The van der Waals surface area contributed by atoms with Gasteiger partial charge in [-0.25, -0.2) is 0 Å². The van der Waals surface area contributed by atoms with Gasteiger partial charge >= 0.3 is 0 Å². The van der Waals surface area contributed by atoms with Crippen LogP contribution in [0.5, 0.6) is 0 Å². The summed E-state index contributed by atoms with van der Waals surface area (Å²) in [7, 11) is 3.57. The molecule has 5 rings (SSSR count). The molecule has 144 valence electrons. The summed E-state index contributed by atoms with van der Waals surface area (Å²) >= 11 is 0. The van der Waals surface area contributed by atoms with Crippen molar-refractivity contribution in [2.24, 2.45) is 5.92 Å². The normalized spacial score (nSPS) is 22.8. The maximum atomic E-state index is 13.0.